The van der Waals surface area contributed by atoms with Crippen LogP contribution in [0.1, 0.15) is 47.4 Å². The molecule has 1 aliphatic carbocycles. The predicted octanol–water partition coefficient (Wildman–Crippen LogP) is 2.54. The van der Waals surface area contributed by atoms with Gasteiger partial charge in [0.25, 0.3) is 0 Å². The van der Waals surface area contributed by atoms with Crippen LogP contribution in [0, 0.1) is 5.92 Å². The molecule has 0 radical (unpaired) electrons. The number of benzene rings is 1. The van der Waals surface area contributed by atoms with Crippen molar-refractivity contribution in [2.24, 2.45) is 18.7 Å². The second-order valence-corrected chi connectivity index (χ2v) is 8.60. The maximum Gasteiger partial charge on any atom is 0.352 e. The van der Waals surface area contributed by atoms with Crippen LogP contribution in [-0.2, 0) is 28.5 Å². The van der Waals surface area contributed by atoms with Crippen molar-refractivity contribution < 1.29 is 19.5 Å². The summed E-state index contributed by atoms with van der Waals surface area (Å²) in [5.74, 6) is -2.85. The van der Waals surface area contributed by atoms with Crippen LogP contribution in [-0.4, -0.2) is 39.0 Å². The molecular formula is C25H28N4O4. The molecule has 4 N–H and O–H groups in total. The first-order valence-corrected chi connectivity index (χ1v) is 11.2. The number of nitrogens with zero attached hydrogens (tertiary/aromatic N) is 2. The van der Waals surface area contributed by atoms with Gasteiger partial charge in [-0.3, -0.25) is 14.6 Å². The van der Waals surface area contributed by atoms with E-state index < -0.39 is 23.2 Å². The Morgan fingerprint density at radius 2 is 1.94 bits per heavy atom. The fourth-order valence-electron chi connectivity index (χ4n) is 5.32. The minimum Gasteiger partial charge on any atom is -0.477 e. The first kappa shape index (κ1) is 22.5. The van der Waals surface area contributed by atoms with Gasteiger partial charge in [-0.15, -0.1) is 0 Å². The highest BCUT2D eigenvalue weighted by molar-refractivity contribution is 6.05. The number of pyridine rings is 1. The van der Waals surface area contributed by atoms with Crippen LogP contribution in [0.15, 0.2) is 48.7 Å². The normalized spacial score (nSPS) is 20.5. The Labute approximate surface area is 191 Å². The minimum atomic E-state index is -1.40. The third-order valence-corrected chi connectivity index (χ3v) is 6.83. The summed E-state index contributed by atoms with van der Waals surface area (Å²) in [6, 6.07) is 12.8. The van der Waals surface area contributed by atoms with E-state index in [1.54, 1.807) is 29.9 Å². The van der Waals surface area contributed by atoms with E-state index in [1.807, 2.05) is 30.3 Å². The quantitative estimate of drug-likeness (QED) is 0.512. The molecule has 172 valence electrons. The van der Waals surface area contributed by atoms with Crippen molar-refractivity contribution in [3.05, 3.63) is 65.6 Å². The van der Waals surface area contributed by atoms with Gasteiger partial charge in [-0.2, -0.15) is 0 Å². The van der Waals surface area contributed by atoms with Crippen LogP contribution in [0.2, 0.25) is 0 Å². The third kappa shape index (κ3) is 3.86. The van der Waals surface area contributed by atoms with Gasteiger partial charge >= 0.3 is 5.97 Å². The monoisotopic (exact) mass is 448 g/mol. The van der Waals surface area contributed by atoms with Gasteiger partial charge in [0.2, 0.25) is 11.8 Å². The summed E-state index contributed by atoms with van der Waals surface area (Å²) in [5, 5.41) is 13.7. The van der Waals surface area contributed by atoms with Gasteiger partial charge in [0.15, 0.2) is 0 Å². The Morgan fingerprint density at radius 3 is 2.64 bits per heavy atom. The van der Waals surface area contributed by atoms with E-state index >= 15 is 0 Å². The molecule has 8 heteroatoms. The fraction of sp³-hybridized carbons (Fsp3) is 0.360. The average molecular weight is 449 g/mol. The fourth-order valence-corrected chi connectivity index (χ4v) is 5.32. The smallest absolute Gasteiger partial charge is 0.352 e. The predicted molar refractivity (Wildman–Crippen MR) is 124 cm³/mol. The van der Waals surface area contributed by atoms with Crippen molar-refractivity contribution in [3.63, 3.8) is 0 Å². The summed E-state index contributed by atoms with van der Waals surface area (Å²) in [6.45, 7) is 0.364. The number of carbonyl (C=O) groups excluding carboxylic acids is 2. The summed E-state index contributed by atoms with van der Waals surface area (Å²) >= 11 is 0. The third-order valence-electron chi connectivity index (χ3n) is 6.83. The second-order valence-electron chi connectivity index (χ2n) is 8.60. The molecule has 1 aromatic carbocycles. The number of aromatic nitrogens is 2. The lowest BCUT2D eigenvalue weighted by molar-refractivity contribution is -0.137. The lowest BCUT2D eigenvalue weighted by Crippen LogP contribution is -2.55. The molecule has 3 aromatic rings. The van der Waals surface area contributed by atoms with Crippen LogP contribution in [0.5, 0.6) is 0 Å². The van der Waals surface area contributed by atoms with Crippen LogP contribution in [0.25, 0.3) is 10.9 Å². The summed E-state index contributed by atoms with van der Waals surface area (Å²) in [7, 11) is 1.66. The molecule has 2 heterocycles. The van der Waals surface area contributed by atoms with Crippen LogP contribution < -0.4 is 11.1 Å². The number of rotatable bonds is 7. The molecule has 0 saturated heterocycles. The van der Waals surface area contributed by atoms with E-state index in [2.05, 4.69) is 10.3 Å². The highest BCUT2D eigenvalue weighted by atomic mass is 16.4. The van der Waals surface area contributed by atoms with Gasteiger partial charge in [-0.25, -0.2) is 4.79 Å². The van der Waals surface area contributed by atoms with Crippen molar-refractivity contribution in [1.82, 2.24) is 14.9 Å². The molecule has 0 spiro atoms. The maximum absolute atomic E-state index is 13.4. The standard InChI is InChI=1S/C25H28N4O4/c1-29-19-11-3-2-9-17(19)20(21(29)23(31)32)25(24(26)33)13-6-4-10-18(25)22(30)28-15-12-16-8-5-7-14-27-16/h2-3,5,7-9,11,14,18H,4,6,10,12-13,15H2,1H3,(H2,26,33)(H,28,30)(H,31,32)/t18-,25-/m0/s1. The molecule has 0 bridgehead atoms. The van der Waals surface area contributed by atoms with Gasteiger partial charge < -0.3 is 20.7 Å². The SMILES string of the molecule is Cn1c(C(=O)O)c([C@]2(C(N)=O)CCCC[C@H]2C(=O)NCCc2ccccn2)c2ccccc21. The van der Waals surface area contributed by atoms with Gasteiger partial charge in [-0.1, -0.05) is 37.1 Å². The van der Waals surface area contributed by atoms with Crippen LogP contribution >= 0.6 is 0 Å². The Bertz CT molecular complexity index is 1200. The molecule has 1 fully saturated rings. The first-order valence-electron chi connectivity index (χ1n) is 11.2. The number of aromatic carboxylic acids is 1. The first-order chi connectivity index (χ1) is 15.9. The number of para-hydroxylation sites is 1. The number of aryl methyl sites for hydroxylation is 1. The van der Waals surface area contributed by atoms with Gasteiger partial charge in [0.1, 0.15) is 5.69 Å². The number of fused-ring (bicyclic) bond motifs is 1. The molecule has 8 nitrogen and oxygen atoms in total. The van der Waals surface area contributed by atoms with Crippen molar-refractivity contribution in [2.75, 3.05) is 6.54 Å². The highest BCUT2D eigenvalue weighted by Crippen LogP contribution is 2.48. The van der Waals surface area contributed by atoms with Crippen LogP contribution in [0.4, 0.5) is 0 Å². The number of hydrogen-bond acceptors (Lipinski definition) is 4. The highest BCUT2D eigenvalue weighted by Gasteiger charge is 2.53. The Balaban J connectivity index is 1.76. The number of amides is 2. The molecule has 1 aliphatic rings. The number of carboxylic acids is 1. The van der Waals surface area contributed by atoms with Crippen molar-refractivity contribution in [3.8, 4) is 0 Å². The number of hydrogen-bond donors (Lipinski definition) is 3. The molecule has 4 rings (SSSR count). The van der Waals surface area contributed by atoms with Crippen molar-refractivity contribution in [1.29, 1.82) is 0 Å². The van der Waals surface area contributed by atoms with E-state index in [1.165, 1.54) is 0 Å². The van der Waals surface area contributed by atoms with Gasteiger partial charge in [0.05, 0.1) is 11.3 Å². The maximum atomic E-state index is 13.4. The summed E-state index contributed by atoms with van der Waals surface area (Å²) < 4.78 is 1.57. The molecule has 0 aliphatic heterocycles. The molecule has 2 aromatic heterocycles. The van der Waals surface area contributed by atoms with E-state index in [9.17, 15) is 19.5 Å². The number of nitrogens with one attached hydrogen (secondary N) is 1. The topological polar surface area (TPSA) is 127 Å². The second kappa shape index (κ2) is 9.05. The molecular weight excluding hydrogens is 420 g/mol. The number of nitrogens with two attached hydrogens (primary N) is 1. The molecule has 33 heavy (non-hydrogen) atoms. The largest absolute Gasteiger partial charge is 0.477 e. The molecule has 2 atom stereocenters. The van der Waals surface area contributed by atoms with E-state index in [4.69, 9.17) is 5.73 Å². The lowest BCUT2D eigenvalue weighted by atomic mass is 9.60. The average Bonchev–Trinajstić information content (AvgIpc) is 3.12. The molecule has 2 amide bonds. The van der Waals surface area contributed by atoms with Crippen LogP contribution in [0.3, 0.4) is 0 Å². The Hall–Kier alpha value is -3.68. The summed E-state index contributed by atoms with van der Waals surface area (Å²) in [6.07, 6.45) is 4.49. The Kier molecular flexibility index (Phi) is 6.18. The van der Waals surface area contributed by atoms with E-state index in [0.29, 0.717) is 48.7 Å². The summed E-state index contributed by atoms with van der Waals surface area (Å²) in [5.41, 5.74) is 6.51. The lowest BCUT2D eigenvalue weighted by Gasteiger charge is -2.41. The zero-order valence-corrected chi connectivity index (χ0v) is 18.6. The Morgan fingerprint density at radius 1 is 1.18 bits per heavy atom. The minimum absolute atomic E-state index is 0.00295. The molecule has 0 unspecified atom stereocenters. The zero-order valence-electron chi connectivity index (χ0n) is 18.6. The zero-order chi connectivity index (χ0) is 23.6. The van der Waals surface area contributed by atoms with Gasteiger partial charge in [-0.05, 0) is 31.0 Å². The number of carbonyl (C=O) groups is 3. The number of primary amides is 1. The number of carboxylic acid groups (broad SMARTS) is 1. The summed E-state index contributed by atoms with van der Waals surface area (Å²) in [4.78, 5) is 43.2. The van der Waals surface area contributed by atoms with Crippen molar-refractivity contribution in [2.45, 2.75) is 37.5 Å². The molecule has 1 saturated carbocycles. The van der Waals surface area contributed by atoms with E-state index in [-0.39, 0.29) is 11.6 Å². The van der Waals surface area contributed by atoms with E-state index in [0.717, 1.165) is 12.1 Å². The van der Waals surface area contributed by atoms with Gasteiger partial charge in [0, 0.05) is 48.4 Å². The van der Waals surface area contributed by atoms with Crippen molar-refractivity contribution >= 4 is 28.7 Å².